The van der Waals surface area contributed by atoms with Crippen LogP contribution in [0.5, 0.6) is 0 Å². The number of alkyl halides is 3. The molecule has 0 spiro atoms. The van der Waals surface area contributed by atoms with Crippen molar-refractivity contribution in [3.63, 3.8) is 0 Å². The van der Waals surface area contributed by atoms with E-state index in [1.54, 1.807) is 0 Å². The van der Waals surface area contributed by atoms with Gasteiger partial charge < -0.3 is 10.0 Å². The molecule has 1 heterocycles. The average molecular weight is 273 g/mol. The van der Waals surface area contributed by atoms with Crippen LogP contribution in [0.2, 0.25) is 0 Å². The molecule has 0 aromatic heterocycles. The number of aliphatic hydroxyl groups excluding tert-OH is 1. The summed E-state index contributed by atoms with van der Waals surface area (Å²) in [4.78, 5) is 13.6. The maximum absolute atomic E-state index is 12.4. The second kappa shape index (κ2) is 5.21. The number of halogens is 3. The average Bonchev–Trinajstić information content (AvgIpc) is 2.85. The Kier molecular flexibility index (Phi) is 3.80. The Morgan fingerprint density at radius 3 is 2.47 bits per heavy atom. The van der Waals surface area contributed by atoms with Crippen LogP contribution in [0.15, 0.2) is 24.3 Å². The van der Waals surface area contributed by atoms with Gasteiger partial charge in [0.25, 0.3) is 5.91 Å². The molecule has 0 radical (unpaired) electrons. The van der Waals surface area contributed by atoms with Crippen LogP contribution in [0, 0.1) is 0 Å². The number of nitrogens with zero attached hydrogens (tertiary/aromatic N) is 1. The monoisotopic (exact) mass is 273 g/mol. The van der Waals surface area contributed by atoms with Crippen molar-refractivity contribution in [1.29, 1.82) is 0 Å². The molecule has 1 amide bonds. The summed E-state index contributed by atoms with van der Waals surface area (Å²) in [6, 6.07) is 3.93. The van der Waals surface area contributed by atoms with E-state index in [1.807, 2.05) is 0 Å². The molecule has 1 aromatic rings. The first-order chi connectivity index (χ1) is 8.93. The van der Waals surface area contributed by atoms with Crippen LogP contribution in [0.4, 0.5) is 13.2 Å². The Labute approximate surface area is 108 Å². The molecule has 19 heavy (non-hydrogen) atoms. The van der Waals surface area contributed by atoms with Gasteiger partial charge in [0, 0.05) is 12.1 Å². The van der Waals surface area contributed by atoms with E-state index in [-0.39, 0.29) is 24.1 Å². The molecule has 1 saturated heterocycles. The van der Waals surface area contributed by atoms with Crippen molar-refractivity contribution in [3.8, 4) is 0 Å². The van der Waals surface area contributed by atoms with Crippen LogP contribution >= 0.6 is 0 Å². The normalized spacial score (nSPS) is 19.8. The fourth-order valence-corrected chi connectivity index (χ4v) is 2.26. The highest BCUT2D eigenvalue weighted by atomic mass is 19.4. The van der Waals surface area contributed by atoms with Crippen LogP contribution in [0.1, 0.15) is 28.8 Å². The molecule has 0 aliphatic carbocycles. The molecule has 1 aliphatic heterocycles. The highest BCUT2D eigenvalue weighted by molar-refractivity contribution is 5.94. The standard InChI is InChI=1S/C13H14F3NO2/c14-13(15,16)10-5-3-9(4-6-10)12(19)17-7-1-2-11(17)8-18/h3-6,11,18H,1-2,7-8H2/t11-/m1/s1. The molecule has 0 unspecified atom stereocenters. The van der Waals surface area contributed by atoms with Gasteiger partial charge in [-0.15, -0.1) is 0 Å². The molecule has 1 aliphatic rings. The fourth-order valence-electron chi connectivity index (χ4n) is 2.26. The highest BCUT2D eigenvalue weighted by Crippen LogP contribution is 2.29. The molecule has 0 saturated carbocycles. The quantitative estimate of drug-likeness (QED) is 0.898. The number of carbonyl (C=O) groups is 1. The SMILES string of the molecule is O=C(c1ccc(C(F)(F)F)cc1)N1CCC[C@@H]1CO. The second-order valence-corrected chi connectivity index (χ2v) is 4.55. The molecule has 1 N–H and O–H groups in total. The lowest BCUT2D eigenvalue weighted by molar-refractivity contribution is -0.137. The summed E-state index contributed by atoms with van der Waals surface area (Å²) in [5.41, 5.74) is -0.558. The van der Waals surface area contributed by atoms with E-state index in [1.165, 1.54) is 17.0 Å². The Balaban J connectivity index is 2.16. The summed E-state index contributed by atoms with van der Waals surface area (Å²) in [5, 5.41) is 9.14. The van der Waals surface area contributed by atoms with E-state index in [0.717, 1.165) is 25.0 Å². The summed E-state index contributed by atoms with van der Waals surface area (Å²) < 4.78 is 37.2. The van der Waals surface area contributed by atoms with Crippen LogP contribution in [0.25, 0.3) is 0 Å². The minimum Gasteiger partial charge on any atom is -0.394 e. The summed E-state index contributed by atoms with van der Waals surface area (Å²) in [6.45, 7) is 0.414. The van der Waals surface area contributed by atoms with E-state index in [0.29, 0.717) is 6.54 Å². The fraction of sp³-hybridized carbons (Fsp3) is 0.462. The van der Waals surface area contributed by atoms with Gasteiger partial charge >= 0.3 is 6.18 Å². The zero-order valence-electron chi connectivity index (χ0n) is 10.2. The van der Waals surface area contributed by atoms with Gasteiger partial charge in [-0.25, -0.2) is 0 Å². The van der Waals surface area contributed by atoms with Crippen LogP contribution < -0.4 is 0 Å². The smallest absolute Gasteiger partial charge is 0.394 e. The second-order valence-electron chi connectivity index (χ2n) is 4.55. The van der Waals surface area contributed by atoms with Crippen molar-refractivity contribution in [3.05, 3.63) is 35.4 Å². The third-order valence-electron chi connectivity index (χ3n) is 3.31. The number of amides is 1. The number of hydrogen-bond donors (Lipinski definition) is 1. The lowest BCUT2D eigenvalue weighted by Gasteiger charge is -2.23. The van der Waals surface area contributed by atoms with Gasteiger partial charge in [0.15, 0.2) is 0 Å². The number of aliphatic hydroxyl groups is 1. The molecule has 1 fully saturated rings. The van der Waals surface area contributed by atoms with E-state index >= 15 is 0 Å². The van der Waals surface area contributed by atoms with Crippen molar-refractivity contribution in [1.82, 2.24) is 4.90 Å². The van der Waals surface area contributed by atoms with Crippen molar-refractivity contribution in [2.24, 2.45) is 0 Å². The zero-order valence-corrected chi connectivity index (χ0v) is 10.2. The Bertz CT molecular complexity index is 456. The first kappa shape index (κ1) is 13.9. The van der Waals surface area contributed by atoms with Gasteiger partial charge in [-0.2, -0.15) is 13.2 Å². The topological polar surface area (TPSA) is 40.5 Å². The van der Waals surface area contributed by atoms with Gasteiger partial charge in [-0.3, -0.25) is 4.79 Å². The van der Waals surface area contributed by atoms with Crippen molar-refractivity contribution in [2.75, 3.05) is 13.2 Å². The Morgan fingerprint density at radius 1 is 1.32 bits per heavy atom. The Morgan fingerprint density at radius 2 is 1.95 bits per heavy atom. The predicted molar refractivity (Wildman–Crippen MR) is 62.6 cm³/mol. The maximum atomic E-state index is 12.4. The minimum atomic E-state index is -4.40. The largest absolute Gasteiger partial charge is 0.416 e. The molecular weight excluding hydrogens is 259 g/mol. The zero-order chi connectivity index (χ0) is 14.0. The van der Waals surface area contributed by atoms with Gasteiger partial charge in [-0.05, 0) is 37.1 Å². The van der Waals surface area contributed by atoms with E-state index in [4.69, 9.17) is 5.11 Å². The molecule has 3 nitrogen and oxygen atoms in total. The molecule has 1 aromatic carbocycles. The first-order valence-corrected chi connectivity index (χ1v) is 6.02. The Hall–Kier alpha value is -1.56. The first-order valence-electron chi connectivity index (χ1n) is 6.02. The molecule has 1 atom stereocenters. The molecule has 6 heteroatoms. The number of likely N-dealkylation sites (tertiary alicyclic amines) is 1. The minimum absolute atomic E-state index is 0.119. The van der Waals surface area contributed by atoms with E-state index in [2.05, 4.69) is 0 Å². The van der Waals surface area contributed by atoms with Crippen LogP contribution in [0.3, 0.4) is 0 Å². The third kappa shape index (κ3) is 2.89. The number of carbonyl (C=O) groups excluding carboxylic acids is 1. The lowest BCUT2D eigenvalue weighted by atomic mass is 10.1. The van der Waals surface area contributed by atoms with Crippen molar-refractivity contribution in [2.45, 2.75) is 25.1 Å². The van der Waals surface area contributed by atoms with Gasteiger partial charge in [0.05, 0.1) is 18.2 Å². The molecule has 2 rings (SSSR count). The summed E-state index contributed by atoms with van der Waals surface area (Å²) in [5.74, 6) is -0.328. The van der Waals surface area contributed by atoms with E-state index < -0.39 is 11.7 Å². The maximum Gasteiger partial charge on any atom is 0.416 e. The molecule has 0 bridgehead atoms. The number of rotatable bonds is 2. The highest BCUT2D eigenvalue weighted by Gasteiger charge is 2.32. The molecule has 104 valence electrons. The number of benzene rings is 1. The van der Waals surface area contributed by atoms with Crippen LogP contribution in [-0.4, -0.2) is 35.1 Å². The van der Waals surface area contributed by atoms with Crippen molar-refractivity contribution >= 4 is 5.91 Å². The lowest BCUT2D eigenvalue weighted by Crippen LogP contribution is -2.37. The third-order valence-corrected chi connectivity index (χ3v) is 3.31. The molecular formula is C13H14F3NO2. The van der Waals surface area contributed by atoms with Gasteiger partial charge in [0.1, 0.15) is 0 Å². The van der Waals surface area contributed by atoms with Crippen molar-refractivity contribution < 1.29 is 23.1 Å². The predicted octanol–water partition coefficient (Wildman–Crippen LogP) is 2.30. The summed E-state index contributed by atoms with van der Waals surface area (Å²) in [6.07, 6.45) is -2.87. The van der Waals surface area contributed by atoms with E-state index in [9.17, 15) is 18.0 Å². The summed E-state index contributed by atoms with van der Waals surface area (Å²) >= 11 is 0. The number of hydrogen-bond acceptors (Lipinski definition) is 2. The summed E-state index contributed by atoms with van der Waals surface area (Å²) in [7, 11) is 0. The van der Waals surface area contributed by atoms with Gasteiger partial charge in [0.2, 0.25) is 0 Å². The van der Waals surface area contributed by atoms with Gasteiger partial charge in [-0.1, -0.05) is 0 Å². The van der Waals surface area contributed by atoms with Crippen LogP contribution in [-0.2, 0) is 6.18 Å².